The normalized spacial score (nSPS) is 11.0. The van der Waals surface area contributed by atoms with Gasteiger partial charge < -0.3 is 5.32 Å². The molecule has 3 heterocycles. The summed E-state index contributed by atoms with van der Waals surface area (Å²) in [5, 5.41) is 4.80. The summed E-state index contributed by atoms with van der Waals surface area (Å²) in [4.78, 5) is 28.3. The van der Waals surface area contributed by atoms with Gasteiger partial charge in [-0.15, -0.1) is 11.3 Å². The largest absolute Gasteiger partial charge is 0.321 e. The van der Waals surface area contributed by atoms with Gasteiger partial charge in [0.2, 0.25) is 0 Å². The third kappa shape index (κ3) is 3.73. The number of fused-ring (bicyclic) bond motifs is 1. The number of aryl methyl sites for hydroxylation is 1. The Balaban J connectivity index is 1.45. The van der Waals surface area contributed by atoms with E-state index in [4.69, 9.17) is 4.98 Å². The Morgan fingerprint density at radius 3 is 2.52 bits per heavy atom. The number of carbonyl (C=O) groups excluding carboxylic acids is 1. The summed E-state index contributed by atoms with van der Waals surface area (Å²) in [6.07, 6.45) is 1.77. The molecule has 31 heavy (non-hydrogen) atoms. The van der Waals surface area contributed by atoms with Gasteiger partial charge in [0, 0.05) is 23.0 Å². The maximum Gasteiger partial charge on any atom is 0.267 e. The van der Waals surface area contributed by atoms with Gasteiger partial charge in [0.1, 0.15) is 25.2 Å². The van der Waals surface area contributed by atoms with Crippen molar-refractivity contribution in [2.24, 2.45) is 0 Å². The number of nitrogens with zero attached hydrogens (tertiary/aromatic N) is 3. The highest BCUT2D eigenvalue weighted by Crippen LogP contribution is 2.34. The Hall–Kier alpha value is -3.42. The van der Waals surface area contributed by atoms with E-state index < -0.39 is 0 Å². The molecule has 0 fully saturated rings. The average molecular weight is 443 g/mol. The Kier molecular flexibility index (Phi) is 5.05. The zero-order chi connectivity index (χ0) is 21.4. The molecule has 0 unspecified atom stereocenters. The van der Waals surface area contributed by atoms with Crippen LogP contribution in [0.25, 0.3) is 31.5 Å². The maximum absolute atomic E-state index is 13.1. The van der Waals surface area contributed by atoms with E-state index in [1.807, 2.05) is 74.5 Å². The second kappa shape index (κ2) is 8.02. The van der Waals surface area contributed by atoms with Crippen LogP contribution in [-0.2, 0) is 0 Å². The molecule has 7 heteroatoms. The molecule has 0 spiro atoms. The molecule has 0 saturated heterocycles. The van der Waals surface area contributed by atoms with Gasteiger partial charge in [-0.3, -0.25) is 4.79 Å². The Labute approximate surface area is 187 Å². The molecule has 2 aromatic carbocycles. The number of pyridine rings is 1. The van der Waals surface area contributed by atoms with E-state index in [0.29, 0.717) is 4.88 Å². The van der Waals surface area contributed by atoms with Crippen LogP contribution in [0.1, 0.15) is 20.9 Å². The van der Waals surface area contributed by atoms with Gasteiger partial charge >= 0.3 is 0 Å². The number of carbonyl (C=O) groups is 1. The van der Waals surface area contributed by atoms with Crippen LogP contribution in [0.3, 0.4) is 0 Å². The van der Waals surface area contributed by atoms with Crippen molar-refractivity contribution in [3.05, 3.63) is 83.0 Å². The monoisotopic (exact) mass is 442 g/mol. The molecule has 152 valence electrons. The fourth-order valence-corrected chi connectivity index (χ4v) is 5.34. The van der Waals surface area contributed by atoms with E-state index in [1.165, 1.54) is 11.3 Å². The van der Waals surface area contributed by atoms with Crippen molar-refractivity contribution in [3.63, 3.8) is 0 Å². The van der Waals surface area contributed by atoms with E-state index in [0.717, 1.165) is 48.4 Å². The minimum atomic E-state index is -0.150. The molecule has 0 aliphatic heterocycles. The van der Waals surface area contributed by atoms with Gasteiger partial charge in [-0.1, -0.05) is 53.8 Å². The van der Waals surface area contributed by atoms with E-state index in [1.54, 1.807) is 17.5 Å². The highest BCUT2D eigenvalue weighted by Gasteiger charge is 2.18. The molecule has 0 bridgehead atoms. The van der Waals surface area contributed by atoms with Crippen LogP contribution in [0, 0.1) is 13.8 Å². The molecule has 3 aromatic heterocycles. The van der Waals surface area contributed by atoms with Crippen molar-refractivity contribution >= 4 is 44.6 Å². The molecule has 0 aliphatic rings. The molecular formula is C24H18N4OS2. The highest BCUT2D eigenvalue weighted by molar-refractivity contribution is 7.21. The van der Waals surface area contributed by atoms with Crippen LogP contribution in [0.15, 0.2) is 66.9 Å². The minimum absolute atomic E-state index is 0.150. The van der Waals surface area contributed by atoms with Gasteiger partial charge in [-0.05, 0) is 37.6 Å². The van der Waals surface area contributed by atoms with Gasteiger partial charge in [-0.2, -0.15) is 0 Å². The van der Waals surface area contributed by atoms with Gasteiger partial charge in [0.25, 0.3) is 5.91 Å². The van der Waals surface area contributed by atoms with E-state index in [-0.39, 0.29) is 5.91 Å². The molecule has 0 saturated carbocycles. The quantitative estimate of drug-likeness (QED) is 0.352. The lowest BCUT2D eigenvalue weighted by Gasteiger charge is -2.10. The summed E-state index contributed by atoms with van der Waals surface area (Å²) in [5.41, 5.74) is 5.35. The van der Waals surface area contributed by atoms with Crippen LogP contribution >= 0.6 is 22.7 Å². The number of nitrogens with one attached hydrogen (secondary N) is 1. The van der Waals surface area contributed by atoms with Crippen LogP contribution in [0.2, 0.25) is 0 Å². The molecule has 5 aromatic rings. The van der Waals surface area contributed by atoms with Crippen molar-refractivity contribution < 1.29 is 4.79 Å². The first-order chi connectivity index (χ1) is 15.1. The predicted molar refractivity (Wildman–Crippen MR) is 128 cm³/mol. The summed E-state index contributed by atoms with van der Waals surface area (Å²) >= 11 is 2.96. The number of aromatic nitrogens is 3. The standard InChI is InChI=1S/C24H18N4OS2/c1-14-17(23-28-19-12-7-13-25-24(19)31-23)10-6-11-18(14)27-21(29)20-15(2)26-22(30-20)16-8-4-3-5-9-16/h3-13H,1-2H3,(H,27,29). The van der Waals surface area contributed by atoms with Crippen LogP contribution in [-0.4, -0.2) is 20.9 Å². The number of thiazole rings is 2. The molecule has 5 rings (SSSR count). The summed E-state index contributed by atoms with van der Waals surface area (Å²) in [6.45, 7) is 3.87. The lowest BCUT2D eigenvalue weighted by molar-refractivity contribution is 0.102. The highest BCUT2D eigenvalue weighted by atomic mass is 32.1. The third-order valence-electron chi connectivity index (χ3n) is 5.00. The van der Waals surface area contributed by atoms with Gasteiger partial charge in [0.05, 0.1) is 5.69 Å². The first-order valence-electron chi connectivity index (χ1n) is 9.76. The Bertz CT molecular complexity index is 1370. The molecule has 0 atom stereocenters. The molecule has 0 aliphatic carbocycles. The first-order valence-corrected chi connectivity index (χ1v) is 11.4. The molecule has 1 N–H and O–H groups in total. The van der Waals surface area contributed by atoms with Crippen molar-refractivity contribution in [2.75, 3.05) is 5.32 Å². The zero-order valence-corrected chi connectivity index (χ0v) is 18.6. The number of amides is 1. The number of rotatable bonds is 4. The average Bonchev–Trinajstić information content (AvgIpc) is 3.39. The number of benzene rings is 2. The number of anilines is 1. The van der Waals surface area contributed by atoms with Gasteiger partial charge in [0.15, 0.2) is 0 Å². The Morgan fingerprint density at radius 2 is 1.71 bits per heavy atom. The number of hydrogen-bond acceptors (Lipinski definition) is 6. The lowest BCUT2D eigenvalue weighted by atomic mass is 10.1. The molecule has 1 amide bonds. The predicted octanol–water partition coefficient (Wildman–Crippen LogP) is 6.35. The smallest absolute Gasteiger partial charge is 0.267 e. The fourth-order valence-electron chi connectivity index (χ4n) is 3.38. The SMILES string of the molecule is Cc1nc(-c2ccccc2)sc1C(=O)Nc1cccc(-c2nc3cccnc3s2)c1C. The second-order valence-corrected chi connectivity index (χ2v) is 9.06. The topological polar surface area (TPSA) is 67.8 Å². The minimum Gasteiger partial charge on any atom is -0.321 e. The summed E-state index contributed by atoms with van der Waals surface area (Å²) in [6, 6.07) is 19.6. The second-order valence-electron chi connectivity index (χ2n) is 7.08. The number of hydrogen-bond donors (Lipinski definition) is 1. The summed E-state index contributed by atoms with van der Waals surface area (Å²) in [7, 11) is 0. The Morgan fingerprint density at radius 1 is 0.871 bits per heavy atom. The van der Waals surface area contributed by atoms with Crippen molar-refractivity contribution in [3.8, 4) is 21.1 Å². The summed E-state index contributed by atoms with van der Waals surface area (Å²) in [5.74, 6) is -0.150. The van der Waals surface area contributed by atoms with E-state index in [9.17, 15) is 4.79 Å². The molecular weight excluding hydrogens is 424 g/mol. The van der Waals surface area contributed by atoms with Crippen molar-refractivity contribution in [2.45, 2.75) is 13.8 Å². The first kappa shape index (κ1) is 19.5. The summed E-state index contributed by atoms with van der Waals surface area (Å²) < 4.78 is 0. The zero-order valence-electron chi connectivity index (χ0n) is 16.9. The van der Waals surface area contributed by atoms with Gasteiger partial charge in [-0.25, -0.2) is 15.0 Å². The maximum atomic E-state index is 13.1. The van der Waals surface area contributed by atoms with Crippen LogP contribution in [0.5, 0.6) is 0 Å². The van der Waals surface area contributed by atoms with Crippen LogP contribution < -0.4 is 5.32 Å². The van der Waals surface area contributed by atoms with Crippen molar-refractivity contribution in [1.29, 1.82) is 0 Å². The fraction of sp³-hybridized carbons (Fsp3) is 0.0833. The molecule has 5 nitrogen and oxygen atoms in total. The van der Waals surface area contributed by atoms with E-state index >= 15 is 0 Å². The molecule has 0 radical (unpaired) electrons. The third-order valence-corrected chi connectivity index (χ3v) is 7.22. The van der Waals surface area contributed by atoms with Crippen LogP contribution in [0.4, 0.5) is 5.69 Å². The lowest BCUT2D eigenvalue weighted by Crippen LogP contribution is -2.12. The van der Waals surface area contributed by atoms with Crippen molar-refractivity contribution in [1.82, 2.24) is 15.0 Å². The van der Waals surface area contributed by atoms with E-state index in [2.05, 4.69) is 15.3 Å².